The maximum absolute atomic E-state index is 12.0. The summed E-state index contributed by atoms with van der Waals surface area (Å²) >= 11 is 6.17. The summed E-state index contributed by atoms with van der Waals surface area (Å²) in [4.78, 5) is 29.2. The van der Waals surface area contributed by atoms with Gasteiger partial charge in [-0.1, -0.05) is 12.8 Å². The molecule has 4 rings (SSSR count). The second kappa shape index (κ2) is 11.6. The summed E-state index contributed by atoms with van der Waals surface area (Å²) in [7, 11) is -3.20. The summed E-state index contributed by atoms with van der Waals surface area (Å²) in [6.45, 7) is -1.14. The van der Waals surface area contributed by atoms with Gasteiger partial charge in [0.05, 0.1) is 19.1 Å². The van der Waals surface area contributed by atoms with Crippen LogP contribution in [0.25, 0.3) is 11.0 Å². The molecular formula is C20H28ClN4O10P. The zero-order chi connectivity index (χ0) is 25.9. The Bertz CT molecular complexity index is 1110. The molecule has 4 N–H and O–H groups in total. The van der Waals surface area contributed by atoms with Crippen molar-refractivity contribution >= 4 is 42.2 Å². The van der Waals surface area contributed by atoms with Crippen LogP contribution < -0.4 is 5.32 Å². The largest absolute Gasteiger partial charge is 0.510 e. The SMILES string of the molecule is COC(=O)OCOP(=O)(O)COCC1O[C@@H](n2ccc3c(NC4CCCC4)nc(Cl)nc32)[C@H](O)[C@@H]1O. The van der Waals surface area contributed by atoms with Gasteiger partial charge in [0.2, 0.25) is 12.1 Å². The number of carbonyl (C=O) groups is 1. The van der Waals surface area contributed by atoms with Crippen LogP contribution in [0, 0.1) is 0 Å². The number of nitrogens with one attached hydrogen (secondary N) is 1. The van der Waals surface area contributed by atoms with Gasteiger partial charge in [0.1, 0.15) is 36.1 Å². The van der Waals surface area contributed by atoms with E-state index in [0.29, 0.717) is 16.9 Å². The zero-order valence-electron chi connectivity index (χ0n) is 19.4. The van der Waals surface area contributed by atoms with Crippen molar-refractivity contribution in [1.29, 1.82) is 0 Å². The second-order valence-corrected chi connectivity index (χ2v) is 10.6. The average Bonchev–Trinajstić information content (AvgIpc) is 3.55. The van der Waals surface area contributed by atoms with Crippen molar-refractivity contribution in [3.8, 4) is 0 Å². The minimum atomic E-state index is -4.27. The second-order valence-electron chi connectivity index (χ2n) is 8.46. The lowest BCUT2D eigenvalue weighted by molar-refractivity contribution is -0.0622. The summed E-state index contributed by atoms with van der Waals surface area (Å²) in [6, 6.07) is 2.06. The third-order valence-corrected chi connectivity index (χ3v) is 7.17. The number of rotatable bonds is 10. The number of hydrogen-bond donors (Lipinski definition) is 4. The normalized spacial score (nSPS) is 26.2. The standard InChI is InChI=1S/C20H28ClN4O10P/c1-31-20(28)33-9-34-36(29,30)10-32-8-13-14(26)15(27)18(35-13)25-7-6-12-16(22-11-4-2-3-5-11)23-19(21)24-17(12)25/h6-7,11,13-15,18,26-27H,2-5,8-10H2,1H3,(H,29,30)(H,22,23,24)/t13?,14-,15-,18-/m1/s1. The Kier molecular flexibility index (Phi) is 8.68. The number of fused-ring (bicyclic) bond motifs is 1. The van der Waals surface area contributed by atoms with Gasteiger partial charge in [-0.2, -0.15) is 4.98 Å². The Morgan fingerprint density at radius 2 is 2.06 bits per heavy atom. The maximum atomic E-state index is 12.0. The fourth-order valence-electron chi connectivity index (χ4n) is 4.22. The van der Waals surface area contributed by atoms with Crippen molar-refractivity contribution in [3.63, 3.8) is 0 Å². The molecule has 16 heteroatoms. The number of carbonyl (C=O) groups excluding carboxylic acids is 1. The molecular weight excluding hydrogens is 523 g/mol. The fraction of sp³-hybridized carbons (Fsp3) is 0.650. The molecule has 1 saturated heterocycles. The van der Waals surface area contributed by atoms with Crippen LogP contribution in [0.15, 0.2) is 12.3 Å². The van der Waals surface area contributed by atoms with Gasteiger partial charge >= 0.3 is 13.8 Å². The number of aliphatic hydroxyl groups excluding tert-OH is 2. The van der Waals surface area contributed by atoms with E-state index < -0.39 is 51.4 Å². The van der Waals surface area contributed by atoms with Crippen LogP contribution in [-0.2, 0) is 28.0 Å². The molecule has 1 aliphatic carbocycles. The molecule has 0 bridgehead atoms. The van der Waals surface area contributed by atoms with E-state index in [4.69, 9.17) is 21.1 Å². The number of nitrogens with zero attached hydrogens (tertiary/aromatic N) is 3. The Morgan fingerprint density at radius 1 is 1.31 bits per heavy atom. The molecule has 1 saturated carbocycles. The summed E-state index contributed by atoms with van der Waals surface area (Å²) in [5.74, 6) is 0.582. The highest BCUT2D eigenvalue weighted by atomic mass is 35.5. The van der Waals surface area contributed by atoms with E-state index in [2.05, 4.69) is 29.3 Å². The van der Waals surface area contributed by atoms with Crippen molar-refractivity contribution in [1.82, 2.24) is 14.5 Å². The number of hydrogen-bond acceptors (Lipinski definition) is 12. The van der Waals surface area contributed by atoms with Crippen LogP contribution in [0.5, 0.6) is 0 Å². The number of methoxy groups -OCH3 is 1. The van der Waals surface area contributed by atoms with Gasteiger partial charge in [0, 0.05) is 12.2 Å². The van der Waals surface area contributed by atoms with Gasteiger partial charge < -0.3 is 43.9 Å². The highest BCUT2D eigenvalue weighted by molar-refractivity contribution is 7.52. The topological polar surface area (TPSA) is 184 Å². The van der Waals surface area contributed by atoms with Crippen molar-refractivity contribution in [3.05, 3.63) is 17.5 Å². The smallest absolute Gasteiger partial charge is 0.438 e. The Balaban J connectivity index is 1.39. The van der Waals surface area contributed by atoms with Gasteiger partial charge in [-0.25, -0.2) is 9.78 Å². The molecule has 14 nitrogen and oxygen atoms in total. The molecule has 0 radical (unpaired) electrons. The molecule has 0 amide bonds. The first kappa shape index (κ1) is 27.0. The van der Waals surface area contributed by atoms with Gasteiger partial charge in [-0.15, -0.1) is 0 Å². The molecule has 3 heterocycles. The predicted molar refractivity (Wildman–Crippen MR) is 124 cm³/mol. The van der Waals surface area contributed by atoms with Gasteiger partial charge in [-0.3, -0.25) is 9.09 Å². The Labute approximate surface area is 210 Å². The molecule has 2 aromatic rings. The fourth-order valence-corrected chi connectivity index (χ4v) is 5.01. The highest BCUT2D eigenvalue weighted by Crippen LogP contribution is 2.42. The predicted octanol–water partition coefficient (Wildman–Crippen LogP) is 1.98. The van der Waals surface area contributed by atoms with Gasteiger partial charge in [0.25, 0.3) is 0 Å². The van der Waals surface area contributed by atoms with E-state index in [1.165, 1.54) is 0 Å². The van der Waals surface area contributed by atoms with Gasteiger partial charge in [-0.05, 0) is 30.5 Å². The number of anilines is 1. The van der Waals surface area contributed by atoms with Crippen molar-refractivity contribution < 1.29 is 47.9 Å². The molecule has 200 valence electrons. The third-order valence-electron chi connectivity index (χ3n) is 5.99. The summed E-state index contributed by atoms with van der Waals surface area (Å²) < 4.78 is 37.7. The van der Waals surface area contributed by atoms with E-state index >= 15 is 0 Å². The minimum absolute atomic E-state index is 0.0192. The van der Waals surface area contributed by atoms with E-state index in [0.717, 1.165) is 32.8 Å². The number of aromatic nitrogens is 3. The van der Waals surface area contributed by atoms with Crippen molar-refractivity contribution in [2.75, 3.05) is 32.2 Å². The van der Waals surface area contributed by atoms with E-state index in [1.807, 2.05) is 0 Å². The molecule has 5 atom stereocenters. The minimum Gasteiger partial charge on any atom is -0.438 e. The molecule has 2 aliphatic rings. The first-order chi connectivity index (χ1) is 17.2. The van der Waals surface area contributed by atoms with E-state index in [9.17, 15) is 24.5 Å². The molecule has 2 fully saturated rings. The first-order valence-electron chi connectivity index (χ1n) is 11.3. The van der Waals surface area contributed by atoms with E-state index in [1.54, 1.807) is 16.8 Å². The molecule has 2 aromatic heterocycles. The summed E-state index contributed by atoms with van der Waals surface area (Å²) in [5.41, 5.74) is 0.409. The van der Waals surface area contributed by atoms with Crippen molar-refractivity contribution in [2.24, 2.45) is 0 Å². The Hall–Kier alpha value is -2.03. The van der Waals surface area contributed by atoms with Crippen LogP contribution in [-0.4, -0.2) is 87.0 Å². The van der Waals surface area contributed by atoms with E-state index in [-0.39, 0.29) is 17.9 Å². The molecule has 36 heavy (non-hydrogen) atoms. The van der Waals surface area contributed by atoms with Crippen LogP contribution >= 0.6 is 19.2 Å². The monoisotopic (exact) mass is 550 g/mol. The highest BCUT2D eigenvalue weighted by Gasteiger charge is 2.44. The first-order valence-corrected chi connectivity index (χ1v) is 13.4. The lowest BCUT2D eigenvalue weighted by atomic mass is 10.1. The summed E-state index contributed by atoms with van der Waals surface area (Å²) in [6.07, 6.45) is -0.604. The lowest BCUT2D eigenvalue weighted by Gasteiger charge is -2.18. The quantitative estimate of drug-likeness (QED) is 0.146. The molecule has 2 unspecified atom stereocenters. The lowest BCUT2D eigenvalue weighted by Crippen LogP contribution is -2.34. The molecule has 0 aromatic carbocycles. The van der Waals surface area contributed by atoms with Crippen LogP contribution in [0.2, 0.25) is 5.28 Å². The third kappa shape index (κ3) is 6.26. The molecule has 1 aliphatic heterocycles. The number of halogens is 1. The Morgan fingerprint density at radius 3 is 2.78 bits per heavy atom. The number of ether oxygens (including phenoxy) is 4. The molecule has 0 spiro atoms. The average molecular weight is 551 g/mol. The zero-order valence-corrected chi connectivity index (χ0v) is 21.0. The van der Waals surface area contributed by atoms with Crippen LogP contribution in [0.4, 0.5) is 10.6 Å². The van der Waals surface area contributed by atoms with Gasteiger partial charge in [0.15, 0.2) is 6.23 Å². The maximum Gasteiger partial charge on any atom is 0.510 e. The van der Waals surface area contributed by atoms with Crippen LogP contribution in [0.3, 0.4) is 0 Å². The number of aliphatic hydroxyl groups is 2. The van der Waals surface area contributed by atoms with Crippen molar-refractivity contribution in [2.45, 2.75) is 56.3 Å². The van der Waals surface area contributed by atoms with Crippen LogP contribution in [0.1, 0.15) is 31.9 Å². The summed E-state index contributed by atoms with van der Waals surface area (Å²) in [5, 5.41) is 25.2.